The molecule has 0 aliphatic carbocycles. The van der Waals surface area contributed by atoms with Crippen LogP contribution in [0, 0.1) is 11.8 Å². The van der Waals surface area contributed by atoms with Crippen LogP contribution >= 0.6 is 0 Å². The second kappa shape index (κ2) is 8.66. The maximum Gasteiger partial charge on any atom is 0.261 e. The Labute approximate surface area is 173 Å². The Hall–Kier alpha value is -2.21. The average Bonchev–Trinajstić information content (AvgIpc) is 2.91. The zero-order valence-electron chi connectivity index (χ0n) is 18.0. The van der Waals surface area contributed by atoms with E-state index in [1.54, 1.807) is 24.3 Å². The third-order valence-electron chi connectivity index (χ3n) is 6.11. The number of imide groups is 1. The Bertz CT molecular complexity index is 744. The van der Waals surface area contributed by atoms with E-state index in [9.17, 15) is 14.4 Å². The summed E-state index contributed by atoms with van der Waals surface area (Å²) in [6.45, 7) is 11.9. The Balaban J connectivity index is 1.44. The highest BCUT2D eigenvalue weighted by molar-refractivity contribution is 6.21. The number of hydrogen-bond acceptors (Lipinski definition) is 4. The molecule has 0 saturated carbocycles. The van der Waals surface area contributed by atoms with Crippen molar-refractivity contribution in [3.8, 4) is 0 Å². The molecule has 2 heterocycles. The number of benzene rings is 1. The zero-order valence-corrected chi connectivity index (χ0v) is 18.0. The number of fused-ring (bicyclic) bond motifs is 1. The Morgan fingerprint density at radius 2 is 1.62 bits per heavy atom. The van der Waals surface area contributed by atoms with Crippen LogP contribution in [0.3, 0.4) is 0 Å². The van der Waals surface area contributed by atoms with Crippen LogP contribution in [0.1, 0.15) is 67.7 Å². The molecule has 3 amide bonds. The molecule has 158 valence electrons. The molecule has 1 aromatic carbocycles. The number of rotatable bonds is 7. The molecule has 29 heavy (non-hydrogen) atoms. The number of carbonyl (C=O) groups excluding carboxylic acids is 3. The largest absolute Gasteiger partial charge is 0.354 e. The van der Waals surface area contributed by atoms with E-state index in [0.29, 0.717) is 42.3 Å². The molecule has 0 radical (unpaired) electrons. The minimum atomic E-state index is -0.263. The monoisotopic (exact) mass is 399 g/mol. The predicted molar refractivity (Wildman–Crippen MR) is 113 cm³/mol. The van der Waals surface area contributed by atoms with Crippen molar-refractivity contribution in [1.82, 2.24) is 15.1 Å². The minimum absolute atomic E-state index is 0.0345. The molecule has 2 atom stereocenters. The van der Waals surface area contributed by atoms with Gasteiger partial charge in [0, 0.05) is 38.1 Å². The molecular weight excluding hydrogens is 366 g/mol. The van der Waals surface area contributed by atoms with E-state index in [1.807, 2.05) is 0 Å². The number of amides is 3. The molecule has 6 nitrogen and oxygen atoms in total. The van der Waals surface area contributed by atoms with E-state index in [-0.39, 0.29) is 29.8 Å². The van der Waals surface area contributed by atoms with Crippen molar-refractivity contribution in [1.29, 1.82) is 0 Å². The Morgan fingerprint density at radius 3 is 2.17 bits per heavy atom. The maximum absolute atomic E-state index is 12.4. The van der Waals surface area contributed by atoms with Crippen LogP contribution < -0.4 is 5.32 Å². The first-order chi connectivity index (χ1) is 13.7. The van der Waals surface area contributed by atoms with E-state index >= 15 is 0 Å². The van der Waals surface area contributed by atoms with Crippen molar-refractivity contribution in [2.24, 2.45) is 11.8 Å². The van der Waals surface area contributed by atoms with Crippen molar-refractivity contribution in [3.63, 3.8) is 0 Å². The molecule has 1 N–H and O–H groups in total. The van der Waals surface area contributed by atoms with Gasteiger partial charge in [0.1, 0.15) is 0 Å². The molecule has 3 rings (SSSR count). The smallest absolute Gasteiger partial charge is 0.261 e. The van der Waals surface area contributed by atoms with Gasteiger partial charge in [-0.3, -0.25) is 24.2 Å². The van der Waals surface area contributed by atoms with Crippen LogP contribution in [0.5, 0.6) is 0 Å². The second-order valence-electron chi connectivity index (χ2n) is 9.35. The van der Waals surface area contributed by atoms with Crippen LogP contribution in [-0.2, 0) is 4.79 Å². The lowest BCUT2D eigenvalue weighted by molar-refractivity contribution is -0.122. The van der Waals surface area contributed by atoms with Crippen LogP contribution in [-0.4, -0.2) is 59.2 Å². The summed E-state index contributed by atoms with van der Waals surface area (Å²) in [4.78, 5) is 40.8. The Morgan fingerprint density at radius 1 is 1.07 bits per heavy atom. The van der Waals surface area contributed by atoms with Gasteiger partial charge < -0.3 is 5.32 Å². The number of likely N-dealkylation sites (tertiary alicyclic amines) is 1. The summed E-state index contributed by atoms with van der Waals surface area (Å²) in [5, 5.41) is 3.05. The van der Waals surface area contributed by atoms with Crippen LogP contribution in [0.25, 0.3) is 0 Å². The summed E-state index contributed by atoms with van der Waals surface area (Å²) < 4.78 is 0. The minimum Gasteiger partial charge on any atom is -0.354 e. The van der Waals surface area contributed by atoms with E-state index in [0.717, 1.165) is 13.1 Å². The summed E-state index contributed by atoms with van der Waals surface area (Å²) >= 11 is 0. The summed E-state index contributed by atoms with van der Waals surface area (Å²) in [5.74, 6) is 0.788. The van der Waals surface area contributed by atoms with Crippen molar-refractivity contribution in [2.45, 2.75) is 52.5 Å². The summed E-state index contributed by atoms with van der Waals surface area (Å²) in [6, 6.07) is 6.86. The average molecular weight is 400 g/mol. The first kappa shape index (κ1) is 21.5. The summed E-state index contributed by atoms with van der Waals surface area (Å²) in [7, 11) is 0. The first-order valence-electron chi connectivity index (χ1n) is 10.7. The zero-order chi connectivity index (χ0) is 21.2. The van der Waals surface area contributed by atoms with Crippen molar-refractivity contribution >= 4 is 17.7 Å². The molecule has 1 aromatic rings. The molecule has 2 aliphatic heterocycles. The molecule has 0 bridgehead atoms. The maximum atomic E-state index is 12.4. The highest BCUT2D eigenvalue weighted by Crippen LogP contribution is 2.27. The number of carbonyl (C=O) groups is 3. The van der Waals surface area contributed by atoms with Gasteiger partial charge in [0.25, 0.3) is 11.8 Å². The van der Waals surface area contributed by atoms with Gasteiger partial charge in [0.15, 0.2) is 0 Å². The Kier molecular flexibility index (Phi) is 6.42. The van der Waals surface area contributed by atoms with Crippen LogP contribution in [0.4, 0.5) is 0 Å². The van der Waals surface area contributed by atoms with Gasteiger partial charge in [-0.2, -0.15) is 0 Å². The molecule has 1 saturated heterocycles. The van der Waals surface area contributed by atoms with E-state index in [1.165, 1.54) is 11.3 Å². The first-order valence-corrected chi connectivity index (χ1v) is 10.7. The van der Waals surface area contributed by atoms with Crippen molar-refractivity contribution in [2.75, 3.05) is 26.2 Å². The third-order valence-corrected chi connectivity index (χ3v) is 6.11. The highest BCUT2D eigenvalue weighted by Gasteiger charge is 2.35. The van der Waals surface area contributed by atoms with Crippen LogP contribution in [0.15, 0.2) is 24.3 Å². The van der Waals surface area contributed by atoms with Crippen molar-refractivity contribution < 1.29 is 14.4 Å². The van der Waals surface area contributed by atoms with Crippen molar-refractivity contribution in [3.05, 3.63) is 35.4 Å². The number of piperidine rings is 1. The van der Waals surface area contributed by atoms with Gasteiger partial charge in [-0.15, -0.1) is 0 Å². The van der Waals surface area contributed by atoms with Gasteiger partial charge in [-0.25, -0.2) is 0 Å². The second-order valence-corrected chi connectivity index (χ2v) is 9.35. The van der Waals surface area contributed by atoms with Gasteiger partial charge in [0.2, 0.25) is 5.91 Å². The lowest BCUT2D eigenvalue weighted by Crippen LogP contribution is -2.56. The normalized spacial score (nSPS) is 22.7. The van der Waals surface area contributed by atoms with E-state index in [4.69, 9.17) is 0 Å². The molecule has 6 heteroatoms. The quantitative estimate of drug-likeness (QED) is 0.716. The van der Waals surface area contributed by atoms with Crippen LogP contribution in [0.2, 0.25) is 0 Å². The molecule has 2 aliphatic rings. The summed E-state index contributed by atoms with van der Waals surface area (Å²) in [6.07, 6.45) is 2.03. The predicted octanol–water partition coefficient (Wildman–Crippen LogP) is 2.94. The molecule has 0 spiro atoms. The van der Waals surface area contributed by atoms with Gasteiger partial charge in [0.05, 0.1) is 11.1 Å². The lowest BCUT2D eigenvalue weighted by Gasteiger charge is -2.45. The number of nitrogens with zero attached hydrogens (tertiary/aromatic N) is 2. The van der Waals surface area contributed by atoms with Gasteiger partial charge in [-0.1, -0.05) is 26.0 Å². The fraction of sp³-hybridized carbons (Fsp3) is 0.609. The summed E-state index contributed by atoms with van der Waals surface area (Å²) in [5.41, 5.74) is 0.809. The molecular formula is C23H33N3O3. The molecule has 1 fully saturated rings. The standard InChI is InChI=1S/C23H33N3O3/c1-16-12-17(2)14-25(13-16)23(3,4)15-24-20(27)10-7-11-26-21(28)18-8-5-6-9-19(18)22(26)29/h5-6,8-9,16-17H,7,10-15H2,1-4H3,(H,24,27). The fourth-order valence-electron chi connectivity index (χ4n) is 4.51. The topological polar surface area (TPSA) is 69.7 Å². The molecule has 0 aromatic heterocycles. The fourth-order valence-corrected chi connectivity index (χ4v) is 4.51. The number of nitrogens with one attached hydrogen (secondary N) is 1. The molecule has 2 unspecified atom stereocenters. The third kappa shape index (κ3) is 4.86. The highest BCUT2D eigenvalue weighted by atomic mass is 16.2. The van der Waals surface area contributed by atoms with Gasteiger partial charge in [-0.05, 0) is 50.7 Å². The SMILES string of the molecule is CC1CC(C)CN(C(C)(C)CNC(=O)CCCN2C(=O)c3ccccc3C2=O)C1. The lowest BCUT2D eigenvalue weighted by atomic mass is 9.88. The van der Waals surface area contributed by atoms with E-state index < -0.39 is 0 Å². The van der Waals surface area contributed by atoms with Gasteiger partial charge >= 0.3 is 0 Å². The number of hydrogen-bond donors (Lipinski definition) is 1. The van der Waals surface area contributed by atoms with E-state index in [2.05, 4.69) is 37.9 Å².